The summed E-state index contributed by atoms with van der Waals surface area (Å²) in [6.07, 6.45) is 0. The first kappa shape index (κ1) is 10.5. The van der Waals surface area contributed by atoms with Gasteiger partial charge in [-0.3, -0.25) is 4.57 Å². The number of hydrogen-bond donors (Lipinski definition) is 0. The average molecular weight is 273 g/mol. The van der Waals surface area contributed by atoms with Crippen molar-refractivity contribution in [3.05, 3.63) is 53.1 Å². The van der Waals surface area contributed by atoms with Gasteiger partial charge in [-0.25, -0.2) is 4.98 Å². The zero-order valence-corrected chi connectivity index (χ0v) is 11.0. The monoisotopic (exact) mass is 272 g/mol. The molecule has 3 aromatic rings. The molecule has 2 nitrogen and oxygen atoms in total. The summed E-state index contributed by atoms with van der Waals surface area (Å²) in [4.78, 5) is 4.67. The summed E-state index contributed by atoms with van der Waals surface area (Å²) in [5.74, 6) is 0.930. The number of thioether (sulfide) groups is 1. The Bertz CT molecular complexity index is 764. The van der Waals surface area contributed by atoms with Crippen molar-refractivity contribution in [1.82, 2.24) is 9.55 Å². The number of aromatic nitrogens is 2. The Labute approximate surface area is 114 Å². The van der Waals surface area contributed by atoms with Gasteiger partial charge in [-0.05, 0) is 35.9 Å². The Morgan fingerprint density at radius 1 is 1.17 bits per heavy atom. The highest BCUT2D eigenvalue weighted by Gasteiger charge is 2.20. The van der Waals surface area contributed by atoms with Gasteiger partial charge in [-0.15, -0.1) is 0 Å². The minimum absolute atomic E-state index is 0.794. The third-order valence-electron chi connectivity index (χ3n) is 3.17. The van der Waals surface area contributed by atoms with E-state index in [0.717, 1.165) is 27.0 Å². The molecule has 88 valence electrons. The molecule has 0 atom stereocenters. The van der Waals surface area contributed by atoms with E-state index in [2.05, 4.69) is 27.8 Å². The predicted molar refractivity (Wildman–Crippen MR) is 75.6 cm³/mol. The van der Waals surface area contributed by atoms with Crippen LogP contribution in [0.1, 0.15) is 5.56 Å². The maximum absolute atomic E-state index is 6.06. The van der Waals surface area contributed by atoms with Gasteiger partial charge >= 0.3 is 0 Å². The molecule has 4 heteroatoms. The predicted octanol–water partition coefficient (Wildman–Crippen LogP) is 4.28. The lowest BCUT2D eigenvalue weighted by Gasteiger charge is -2.18. The molecular weight excluding hydrogens is 264 g/mol. The zero-order valence-electron chi connectivity index (χ0n) is 9.43. The third-order valence-corrected chi connectivity index (χ3v) is 4.39. The van der Waals surface area contributed by atoms with Crippen LogP contribution in [0.4, 0.5) is 0 Å². The van der Waals surface area contributed by atoms with Crippen LogP contribution >= 0.6 is 23.4 Å². The van der Waals surface area contributed by atoms with E-state index in [1.165, 1.54) is 11.3 Å². The summed E-state index contributed by atoms with van der Waals surface area (Å²) < 4.78 is 2.22. The van der Waals surface area contributed by atoms with Crippen molar-refractivity contribution in [3.8, 4) is 5.69 Å². The maximum atomic E-state index is 6.06. The average Bonchev–Trinajstić information content (AvgIpc) is 2.77. The maximum Gasteiger partial charge on any atom is 0.174 e. The molecule has 1 aliphatic rings. The van der Waals surface area contributed by atoms with Gasteiger partial charge in [-0.1, -0.05) is 35.5 Å². The van der Waals surface area contributed by atoms with Gasteiger partial charge in [0.15, 0.2) is 5.16 Å². The molecule has 0 amide bonds. The summed E-state index contributed by atoms with van der Waals surface area (Å²) in [7, 11) is 0. The molecule has 0 bridgehead atoms. The summed E-state index contributed by atoms with van der Waals surface area (Å²) >= 11 is 7.82. The largest absolute Gasteiger partial charge is 0.287 e. The van der Waals surface area contributed by atoms with Gasteiger partial charge in [0, 0.05) is 10.8 Å². The van der Waals surface area contributed by atoms with Gasteiger partial charge in [0.2, 0.25) is 0 Å². The van der Waals surface area contributed by atoms with Crippen molar-refractivity contribution in [2.75, 3.05) is 0 Å². The third kappa shape index (κ3) is 1.41. The zero-order chi connectivity index (χ0) is 12.1. The standard InChI is InChI=1S/C14H9ClN2S/c15-10-5-6-12-9(7-10)8-18-14-16-11-3-1-2-4-13(11)17(12)14/h1-7H,8H2. The van der Waals surface area contributed by atoms with Crippen LogP contribution in [0, 0.1) is 0 Å². The first-order chi connectivity index (χ1) is 8.83. The van der Waals surface area contributed by atoms with Gasteiger partial charge < -0.3 is 0 Å². The van der Waals surface area contributed by atoms with Gasteiger partial charge in [0.25, 0.3) is 0 Å². The fourth-order valence-electron chi connectivity index (χ4n) is 2.36. The van der Waals surface area contributed by atoms with Crippen LogP contribution in [0.15, 0.2) is 47.6 Å². The van der Waals surface area contributed by atoms with Crippen molar-refractivity contribution in [1.29, 1.82) is 0 Å². The van der Waals surface area contributed by atoms with Gasteiger partial charge in [0.1, 0.15) is 0 Å². The molecule has 0 saturated heterocycles. The molecule has 18 heavy (non-hydrogen) atoms. The van der Waals surface area contributed by atoms with Crippen LogP contribution in [-0.4, -0.2) is 9.55 Å². The number of benzene rings is 2. The number of fused-ring (bicyclic) bond motifs is 5. The number of hydrogen-bond acceptors (Lipinski definition) is 2. The fourth-order valence-corrected chi connectivity index (χ4v) is 3.56. The Hall–Kier alpha value is -1.45. The van der Waals surface area contributed by atoms with Crippen LogP contribution in [0.2, 0.25) is 5.02 Å². The van der Waals surface area contributed by atoms with Crippen LogP contribution in [-0.2, 0) is 5.75 Å². The van der Waals surface area contributed by atoms with Crippen LogP contribution < -0.4 is 0 Å². The van der Waals surface area contributed by atoms with Crippen molar-refractivity contribution in [3.63, 3.8) is 0 Å². The van der Waals surface area contributed by atoms with Gasteiger partial charge in [0.05, 0.1) is 16.7 Å². The Morgan fingerprint density at radius 2 is 2.06 bits per heavy atom. The number of imidazole rings is 1. The first-order valence-electron chi connectivity index (χ1n) is 5.72. The molecule has 1 aliphatic heterocycles. The second-order valence-corrected chi connectivity index (χ2v) is 5.66. The minimum Gasteiger partial charge on any atom is -0.287 e. The molecule has 0 saturated carbocycles. The van der Waals surface area contributed by atoms with Crippen molar-refractivity contribution in [2.24, 2.45) is 0 Å². The fraction of sp³-hybridized carbons (Fsp3) is 0.0714. The molecule has 2 heterocycles. The van der Waals surface area contributed by atoms with Crippen LogP contribution in [0.25, 0.3) is 16.7 Å². The van der Waals surface area contributed by atoms with Crippen molar-refractivity contribution >= 4 is 34.4 Å². The summed E-state index contributed by atoms with van der Waals surface area (Å²) in [6, 6.07) is 14.3. The van der Waals surface area contributed by atoms with E-state index in [1.807, 2.05) is 24.3 Å². The minimum atomic E-state index is 0.794. The molecule has 2 aromatic carbocycles. The molecule has 0 fully saturated rings. The van der Waals surface area contributed by atoms with E-state index in [9.17, 15) is 0 Å². The molecule has 0 spiro atoms. The lowest BCUT2D eigenvalue weighted by molar-refractivity contribution is 0.894. The highest BCUT2D eigenvalue weighted by atomic mass is 35.5. The summed E-state index contributed by atoms with van der Waals surface area (Å²) in [6.45, 7) is 0. The molecule has 4 rings (SSSR count). The van der Waals surface area contributed by atoms with E-state index in [0.29, 0.717) is 0 Å². The van der Waals surface area contributed by atoms with E-state index in [4.69, 9.17) is 11.6 Å². The Morgan fingerprint density at radius 3 is 3.00 bits per heavy atom. The Balaban J connectivity index is 2.10. The lowest BCUT2D eigenvalue weighted by Crippen LogP contribution is -2.05. The number of para-hydroxylation sites is 2. The summed E-state index contributed by atoms with van der Waals surface area (Å²) in [5.41, 5.74) is 4.66. The molecule has 0 aliphatic carbocycles. The normalized spacial score (nSPS) is 13.4. The lowest BCUT2D eigenvalue weighted by atomic mass is 10.2. The smallest absolute Gasteiger partial charge is 0.174 e. The Kier molecular flexibility index (Phi) is 2.19. The molecule has 1 aromatic heterocycles. The molecule has 0 radical (unpaired) electrons. The molecule has 0 N–H and O–H groups in total. The molecular formula is C14H9ClN2S. The second-order valence-electron chi connectivity index (χ2n) is 4.28. The van der Waals surface area contributed by atoms with E-state index >= 15 is 0 Å². The number of rotatable bonds is 0. The first-order valence-corrected chi connectivity index (χ1v) is 7.08. The quantitative estimate of drug-likeness (QED) is 0.608. The van der Waals surface area contributed by atoms with Crippen LogP contribution in [0.3, 0.4) is 0 Å². The highest BCUT2D eigenvalue weighted by Crippen LogP contribution is 2.37. The van der Waals surface area contributed by atoms with Crippen molar-refractivity contribution in [2.45, 2.75) is 10.9 Å². The summed E-state index contributed by atoms with van der Waals surface area (Å²) in [5, 5.41) is 1.85. The number of halogens is 1. The highest BCUT2D eigenvalue weighted by molar-refractivity contribution is 7.98. The van der Waals surface area contributed by atoms with Crippen molar-refractivity contribution < 1.29 is 0 Å². The van der Waals surface area contributed by atoms with E-state index in [-0.39, 0.29) is 0 Å². The topological polar surface area (TPSA) is 17.8 Å². The molecule has 0 unspecified atom stereocenters. The number of nitrogens with zero attached hydrogens (tertiary/aromatic N) is 2. The SMILES string of the molecule is Clc1ccc2c(c1)CSc1nc3ccccc3n1-2. The van der Waals surface area contributed by atoms with E-state index in [1.54, 1.807) is 11.8 Å². The van der Waals surface area contributed by atoms with Crippen LogP contribution in [0.5, 0.6) is 0 Å². The van der Waals surface area contributed by atoms with Gasteiger partial charge in [-0.2, -0.15) is 0 Å². The van der Waals surface area contributed by atoms with E-state index < -0.39 is 0 Å². The second kappa shape index (κ2) is 3.77.